The number of rotatable bonds is 51. The summed E-state index contributed by atoms with van der Waals surface area (Å²) in [6.45, 7) is 3.13. The molecule has 0 fully saturated rings. The van der Waals surface area contributed by atoms with E-state index in [1.165, 1.54) is 83.4 Å². The van der Waals surface area contributed by atoms with Crippen molar-refractivity contribution in [2.75, 3.05) is 79.0 Å². The fraction of sp³-hybridized carbons (Fsp3) is 0.784. The summed E-state index contributed by atoms with van der Waals surface area (Å²) in [7, 11) is 0. The lowest BCUT2D eigenvalue weighted by Crippen LogP contribution is -2.39. The number of H-pyrrole nitrogens is 1. The number of ketones is 2. The van der Waals surface area contributed by atoms with Crippen LogP contribution in [0.4, 0.5) is 0 Å². The van der Waals surface area contributed by atoms with E-state index in [4.69, 9.17) is 29.8 Å². The number of imidazole rings is 1. The summed E-state index contributed by atoms with van der Waals surface area (Å²) in [6.07, 6.45) is 23.3. The van der Waals surface area contributed by atoms with Gasteiger partial charge in [-0.25, -0.2) is 4.98 Å². The van der Waals surface area contributed by atoms with Crippen molar-refractivity contribution >= 4 is 47.1 Å². The van der Waals surface area contributed by atoms with Gasteiger partial charge in [-0.3, -0.25) is 38.4 Å². The maximum Gasteiger partial charge on any atom is 0.322 e. The molecule has 0 bridgehead atoms. The Kier molecular flexibility index (Phi) is 40.6. The highest BCUT2D eigenvalue weighted by molar-refractivity contribution is 5.90. The Bertz CT molecular complexity index is 1630. The fourth-order valence-corrected chi connectivity index (χ4v) is 7.69. The van der Waals surface area contributed by atoms with E-state index >= 15 is 0 Å². The van der Waals surface area contributed by atoms with Crippen LogP contribution in [0, 0.1) is 11.8 Å². The van der Waals surface area contributed by atoms with E-state index in [-0.39, 0.29) is 127 Å². The van der Waals surface area contributed by atoms with Crippen molar-refractivity contribution in [1.29, 1.82) is 0 Å². The standard InChI is InChI=1S/C51H89N7O14/c1-2-3-4-5-6-7-8-9-10-11-12-13-14-15-16-20-43(59)32-41(51(67)68)21-22-46(61)55-24-26-69-28-31-72-38-48(63)56-25-27-70-29-30-71-37-47(62)54-23-18-17-19-40(50(66)57-36-49(64)65)33-45(60)44(52)34-42-35-53-39-58-42/h35,39-41,44H,2-34,36-38,52H2,1H3,(H,53,58)(H,54,62)(H,55,61)(H,56,63)(H,57,66)(H,64,65)(H,67,68)/t40-,41-,44+/m1/s1. The number of aromatic nitrogens is 2. The average Bonchev–Trinajstić information content (AvgIpc) is 3.87. The monoisotopic (exact) mass is 1020 g/mol. The van der Waals surface area contributed by atoms with E-state index in [9.17, 15) is 43.5 Å². The Labute approximate surface area is 426 Å². The van der Waals surface area contributed by atoms with Gasteiger partial charge in [0.1, 0.15) is 25.5 Å². The minimum absolute atomic E-state index is 0.00492. The number of hydrogen-bond donors (Lipinski definition) is 8. The number of hydrogen-bond acceptors (Lipinski definition) is 14. The molecule has 0 aliphatic carbocycles. The van der Waals surface area contributed by atoms with Gasteiger partial charge in [-0.2, -0.15) is 0 Å². The number of aromatic amines is 1. The fourth-order valence-electron chi connectivity index (χ4n) is 7.69. The third-order valence-corrected chi connectivity index (χ3v) is 11.9. The number of amides is 4. The van der Waals surface area contributed by atoms with Crippen molar-refractivity contribution < 1.29 is 67.5 Å². The van der Waals surface area contributed by atoms with E-state index < -0.39 is 42.3 Å². The highest BCUT2D eigenvalue weighted by Crippen LogP contribution is 2.18. The van der Waals surface area contributed by atoms with Crippen molar-refractivity contribution in [2.45, 2.75) is 167 Å². The molecule has 3 atom stereocenters. The first kappa shape index (κ1) is 65.2. The van der Waals surface area contributed by atoms with Crippen molar-refractivity contribution in [3.8, 4) is 0 Å². The van der Waals surface area contributed by atoms with Gasteiger partial charge in [0.2, 0.25) is 23.6 Å². The lowest BCUT2D eigenvalue weighted by molar-refractivity contribution is -0.144. The molecule has 1 aromatic heterocycles. The molecular weight excluding hydrogens is 935 g/mol. The van der Waals surface area contributed by atoms with Gasteiger partial charge in [0, 0.05) is 69.5 Å². The Balaban J connectivity index is 2.00. The van der Waals surface area contributed by atoms with Gasteiger partial charge in [-0.05, 0) is 25.7 Å². The van der Waals surface area contributed by atoms with Crippen LogP contribution in [0.25, 0.3) is 0 Å². The third kappa shape index (κ3) is 38.8. The van der Waals surface area contributed by atoms with Crippen LogP contribution in [0.3, 0.4) is 0 Å². The second kappa shape index (κ2) is 44.8. The minimum Gasteiger partial charge on any atom is -0.481 e. The maximum atomic E-state index is 12.7. The number of Topliss-reactive ketones (excluding diaryl/α,β-unsaturated/α-hetero) is 2. The Morgan fingerprint density at radius 1 is 0.583 bits per heavy atom. The lowest BCUT2D eigenvalue weighted by atomic mass is 9.91. The number of carboxylic acids is 2. The van der Waals surface area contributed by atoms with Gasteiger partial charge in [0.05, 0.1) is 57.9 Å². The average molecular weight is 1020 g/mol. The summed E-state index contributed by atoms with van der Waals surface area (Å²) in [4.78, 5) is 104. The Hall–Kier alpha value is -4.83. The van der Waals surface area contributed by atoms with Gasteiger partial charge < -0.3 is 61.1 Å². The van der Waals surface area contributed by atoms with Crippen LogP contribution in [-0.4, -0.2) is 152 Å². The number of carbonyl (C=O) groups excluding carboxylic acids is 6. The SMILES string of the molecule is CCCCCCCCCCCCCCCCCC(=O)C[C@@H](CCC(=O)NCCOCCOCC(=O)NCCOCCOCC(=O)NCCCC[C@H](CC(=O)[C@@H](N)Cc1cnc[nH]1)C(=O)NCC(=O)O)C(=O)O. The first-order valence-corrected chi connectivity index (χ1v) is 26.4. The molecule has 0 aromatic carbocycles. The summed E-state index contributed by atoms with van der Waals surface area (Å²) in [5.41, 5.74) is 6.70. The normalized spacial score (nSPS) is 12.4. The number of nitrogens with two attached hydrogens (primary N) is 1. The van der Waals surface area contributed by atoms with E-state index in [2.05, 4.69) is 38.2 Å². The highest BCUT2D eigenvalue weighted by Gasteiger charge is 2.26. The van der Waals surface area contributed by atoms with Crippen molar-refractivity contribution in [2.24, 2.45) is 17.6 Å². The number of carboxylic acid groups (broad SMARTS) is 2. The quantitative estimate of drug-likeness (QED) is 0.0421. The van der Waals surface area contributed by atoms with E-state index in [1.54, 1.807) is 6.20 Å². The second-order valence-electron chi connectivity index (χ2n) is 18.3. The maximum absolute atomic E-state index is 12.7. The van der Waals surface area contributed by atoms with Crippen LogP contribution in [0.5, 0.6) is 0 Å². The summed E-state index contributed by atoms with van der Waals surface area (Å²) >= 11 is 0. The van der Waals surface area contributed by atoms with Gasteiger partial charge in [-0.1, -0.05) is 103 Å². The summed E-state index contributed by atoms with van der Waals surface area (Å²) in [6, 6.07) is -0.857. The van der Waals surface area contributed by atoms with Crippen LogP contribution < -0.4 is 27.0 Å². The van der Waals surface area contributed by atoms with Crippen molar-refractivity contribution in [3.63, 3.8) is 0 Å². The zero-order valence-electron chi connectivity index (χ0n) is 43.2. The zero-order chi connectivity index (χ0) is 52.9. The Morgan fingerprint density at radius 3 is 1.64 bits per heavy atom. The van der Waals surface area contributed by atoms with Crippen molar-refractivity contribution in [1.82, 2.24) is 31.2 Å². The molecule has 0 saturated heterocycles. The molecule has 72 heavy (non-hydrogen) atoms. The molecule has 0 spiro atoms. The molecule has 0 saturated carbocycles. The van der Waals surface area contributed by atoms with Gasteiger partial charge in [0.25, 0.3) is 0 Å². The third-order valence-electron chi connectivity index (χ3n) is 11.9. The van der Waals surface area contributed by atoms with Gasteiger partial charge >= 0.3 is 11.9 Å². The van der Waals surface area contributed by atoms with Crippen molar-refractivity contribution in [3.05, 3.63) is 18.2 Å². The van der Waals surface area contributed by atoms with E-state index in [1.807, 2.05) is 0 Å². The van der Waals surface area contributed by atoms with Crippen LogP contribution in [0.1, 0.15) is 160 Å². The first-order chi connectivity index (χ1) is 34.8. The molecule has 0 radical (unpaired) electrons. The minimum atomic E-state index is -1.21. The van der Waals surface area contributed by atoms with Crippen LogP contribution in [0.15, 0.2) is 12.5 Å². The molecule has 412 valence electrons. The molecule has 1 aromatic rings. The largest absolute Gasteiger partial charge is 0.481 e. The summed E-state index contributed by atoms with van der Waals surface area (Å²) < 4.78 is 21.5. The summed E-state index contributed by atoms with van der Waals surface area (Å²) in [5, 5.41) is 28.9. The van der Waals surface area contributed by atoms with Crippen LogP contribution in [-0.2, 0) is 63.7 Å². The molecule has 21 heteroatoms. The summed E-state index contributed by atoms with van der Waals surface area (Å²) in [5.74, 6) is -5.91. The lowest BCUT2D eigenvalue weighted by Gasteiger charge is -2.18. The molecular formula is C51H89N7O14. The smallest absolute Gasteiger partial charge is 0.322 e. The molecule has 1 heterocycles. The number of carbonyl (C=O) groups is 8. The number of ether oxygens (including phenoxy) is 4. The molecule has 0 aliphatic heterocycles. The van der Waals surface area contributed by atoms with Crippen LogP contribution >= 0.6 is 0 Å². The predicted octanol–water partition coefficient (Wildman–Crippen LogP) is 4.34. The first-order valence-electron chi connectivity index (χ1n) is 26.4. The van der Waals surface area contributed by atoms with Crippen LogP contribution in [0.2, 0.25) is 0 Å². The van der Waals surface area contributed by atoms with Gasteiger partial charge in [-0.15, -0.1) is 0 Å². The molecule has 1 rings (SSSR count). The van der Waals surface area contributed by atoms with Gasteiger partial charge in [0.15, 0.2) is 5.78 Å². The van der Waals surface area contributed by atoms with E-state index in [0.29, 0.717) is 37.9 Å². The topological polar surface area (TPSA) is 317 Å². The van der Waals surface area contributed by atoms with E-state index in [0.717, 1.165) is 19.3 Å². The number of nitrogens with one attached hydrogen (secondary N) is 5. The molecule has 4 amide bonds. The zero-order valence-corrected chi connectivity index (χ0v) is 43.2. The molecule has 0 unspecified atom stereocenters. The molecule has 21 nitrogen and oxygen atoms in total. The molecule has 9 N–H and O–H groups in total. The predicted molar refractivity (Wildman–Crippen MR) is 270 cm³/mol. The number of nitrogens with zero attached hydrogens (tertiary/aromatic N) is 1. The number of unbranched alkanes of at least 4 members (excludes halogenated alkanes) is 15. The Morgan fingerprint density at radius 2 is 1.11 bits per heavy atom. The number of aliphatic carboxylic acids is 2. The highest BCUT2D eigenvalue weighted by atomic mass is 16.5. The molecule has 0 aliphatic rings. The second-order valence-corrected chi connectivity index (χ2v) is 18.3.